The fraction of sp³-hybridized carbons (Fsp3) is 0.966. The van der Waals surface area contributed by atoms with Crippen LogP contribution in [-0.2, 0) is 23.7 Å². The Morgan fingerprint density at radius 1 is 0.944 bits per heavy atom. The summed E-state index contributed by atoms with van der Waals surface area (Å²) in [6.45, 7) is 11.8. The van der Waals surface area contributed by atoms with Crippen LogP contribution in [0.2, 0.25) is 17.7 Å². The van der Waals surface area contributed by atoms with E-state index >= 15 is 0 Å². The number of hydrogen-bond donors (Lipinski definition) is 0. The molecule has 0 aromatic carbocycles. The van der Waals surface area contributed by atoms with Gasteiger partial charge in [0.1, 0.15) is 0 Å². The summed E-state index contributed by atoms with van der Waals surface area (Å²) < 4.78 is 29.2. The number of rotatable bonds is 22. The minimum atomic E-state index is -2.09. The molecule has 1 fully saturated rings. The van der Waals surface area contributed by atoms with Crippen molar-refractivity contribution in [3.63, 3.8) is 0 Å². The molecule has 0 saturated carbocycles. The Morgan fingerprint density at radius 2 is 1.56 bits per heavy atom. The number of nitrogens with zero attached hydrogens (tertiary/aromatic N) is 1. The Balaban J connectivity index is 2.82. The van der Waals surface area contributed by atoms with E-state index in [1.54, 1.807) is 20.4 Å². The number of carbonyl (C=O) groups excluding carboxylic acids is 1. The number of methoxy groups -OCH3 is 1. The van der Waals surface area contributed by atoms with E-state index in [-0.39, 0.29) is 30.9 Å². The van der Waals surface area contributed by atoms with E-state index in [1.807, 2.05) is 0 Å². The van der Waals surface area contributed by atoms with E-state index in [2.05, 4.69) is 32.7 Å². The van der Waals surface area contributed by atoms with Gasteiger partial charge >= 0.3 is 228 Å². The third-order valence-electron chi connectivity index (χ3n) is 8.02. The van der Waals surface area contributed by atoms with Crippen LogP contribution >= 0.6 is 0 Å². The summed E-state index contributed by atoms with van der Waals surface area (Å²) in [5, 5.41) is 0. The quantitative estimate of drug-likeness (QED) is 0.0569. The van der Waals surface area contributed by atoms with Crippen molar-refractivity contribution in [1.29, 1.82) is 0 Å². The first-order chi connectivity index (χ1) is 17.4. The molecule has 0 aromatic heterocycles. The molecule has 0 bridgehead atoms. The molecular formula is C29H59NO5Sn. The molecule has 36 heavy (non-hydrogen) atoms. The summed E-state index contributed by atoms with van der Waals surface area (Å²) >= 11 is -2.09. The molecule has 6 nitrogen and oxygen atoms in total. The first-order valence-electron chi connectivity index (χ1n) is 14.9. The fourth-order valence-electron chi connectivity index (χ4n) is 5.86. The molecule has 214 valence electrons. The number of esters is 1. The molecule has 1 aliphatic rings. The van der Waals surface area contributed by atoms with Crippen LogP contribution in [0.5, 0.6) is 0 Å². The maximum absolute atomic E-state index is 11.8. The molecule has 0 aliphatic carbocycles. The van der Waals surface area contributed by atoms with Crippen LogP contribution in [0.4, 0.5) is 0 Å². The van der Waals surface area contributed by atoms with E-state index < -0.39 is 18.4 Å². The number of hydrogen-bond acceptors (Lipinski definition) is 6. The number of unbranched alkanes of at least 4 members (excludes halogenated alkanes) is 4. The van der Waals surface area contributed by atoms with Gasteiger partial charge in [-0.1, -0.05) is 0 Å². The second-order valence-corrected chi connectivity index (χ2v) is 25.4. The Kier molecular flexibility index (Phi) is 19.9. The minimum absolute atomic E-state index is 0.0474. The Morgan fingerprint density at radius 3 is 2.11 bits per heavy atom. The van der Waals surface area contributed by atoms with Crippen molar-refractivity contribution in [1.82, 2.24) is 4.90 Å². The van der Waals surface area contributed by atoms with E-state index in [4.69, 9.17) is 18.9 Å². The molecule has 3 unspecified atom stereocenters. The molecule has 1 aliphatic heterocycles. The molecule has 0 spiro atoms. The first-order valence-corrected chi connectivity index (χ1v) is 23.0. The topological polar surface area (TPSA) is 57.2 Å². The van der Waals surface area contributed by atoms with Gasteiger partial charge < -0.3 is 0 Å². The zero-order chi connectivity index (χ0) is 26.7. The van der Waals surface area contributed by atoms with E-state index in [9.17, 15) is 4.79 Å². The molecule has 0 aromatic rings. The number of carbonyl (C=O) groups is 1. The number of likely N-dealkylation sites (tertiary alicyclic amines) is 1. The zero-order valence-electron chi connectivity index (χ0n) is 24.7. The summed E-state index contributed by atoms with van der Waals surface area (Å²) in [6, 6.07) is 0. The third kappa shape index (κ3) is 14.3. The second kappa shape index (κ2) is 21.0. The average Bonchev–Trinajstić information content (AvgIpc) is 2.86. The van der Waals surface area contributed by atoms with Crippen molar-refractivity contribution in [2.45, 2.75) is 122 Å². The predicted octanol–water partition coefficient (Wildman–Crippen LogP) is 6.89. The van der Waals surface area contributed by atoms with Gasteiger partial charge in [0.15, 0.2) is 0 Å². The Bertz CT molecular complexity index is 528. The molecule has 3 atom stereocenters. The van der Waals surface area contributed by atoms with Crippen LogP contribution in [0.15, 0.2) is 0 Å². The summed E-state index contributed by atoms with van der Waals surface area (Å²) in [5.41, 5.74) is 0. The van der Waals surface area contributed by atoms with Gasteiger partial charge in [-0.3, -0.25) is 0 Å². The molecule has 0 N–H and O–H groups in total. The Labute approximate surface area is 227 Å². The van der Waals surface area contributed by atoms with Crippen molar-refractivity contribution in [3.05, 3.63) is 0 Å². The Hall–Kier alpha value is 0.109. The first kappa shape index (κ1) is 34.1. The van der Waals surface area contributed by atoms with Gasteiger partial charge in [0, 0.05) is 0 Å². The third-order valence-corrected chi connectivity index (χ3v) is 24.2. The van der Waals surface area contributed by atoms with Gasteiger partial charge in [-0.25, -0.2) is 0 Å². The maximum atomic E-state index is 11.8. The summed E-state index contributed by atoms with van der Waals surface area (Å²) in [6.07, 6.45) is 12.7. The number of ether oxygens (including phenoxy) is 4. The molecule has 0 radical (unpaired) electrons. The van der Waals surface area contributed by atoms with Crippen LogP contribution in [0, 0.1) is 5.92 Å². The van der Waals surface area contributed by atoms with Gasteiger partial charge in [0.05, 0.1) is 0 Å². The van der Waals surface area contributed by atoms with Gasteiger partial charge in [-0.15, -0.1) is 0 Å². The van der Waals surface area contributed by atoms with Gasteiger partial charge in [-0.05, 0) is 0 Å². The molecule has 0 amide bonds. The SMILES string of the molecule is CCC[CH2][Sn]([CH2]CCC)([CH2]CCC)[CH2]CCCC(OCOCCOC)C1CN(C)CCC1OC(C)=O. The van der Waals surface area contributed by atoms with Crippen LogP contribution < -0.4 is 0 Å². The van der Waals surface area contributed by atoms with Crippen LogP contribution in [0.25, 0.3) is 0 Å². The van der Waals surface area contributed by atoms with Crippen LogP contribution in [0.3, 0.4) is 0 Å². The fourth-order valence-corrected chi connectivity index (χ4v) is 22.4. The van der Waals surface area contributed by atoms with Crippen molar-refractivity contribution in [3.8, 4) is 0 Å². The monoisotopic (exact) mass is 621 g/mol. The number of piperidine rings is 1. The predicted molar refractivity (Wildman–Crippen MR) is 152 cm³/mol. The summed E-state index contributed by atoms with van der Waals surface area (Å²) in [7, 11) is 3.84. The molecule has 7 heteroatoms. The van der Waals surface area contributed by atoms with Crippen LogP contribution in [-0.4, -0.2) is 88.7 Å². The van der Waals surface area contributed by atoms with E-state index in [1.165, 1.54) is 62.7 Å². The second-order valence-electron chi connectivity index (χ2n) is 11.1. The summed E-state index contributed by atoms with van der Waals surface area (Å²) in [5.74, 6) is -0.00139. The van der Waals surface area contributed by atoms with Crippen molar-refractivity contribution in [2.24, 2.45) is 5.92 Å². The normalized spacial score (nSPS) is 19.9. The van der Waals surface area contributed by atoms with Crippen molar-refractivity contribution >= 4 is 24.3 Å². The summed E-state index contributed by atoms with van der Waals surface area (Å²) in [4.78, 5) is 14.2. The molecular weight excluding hydrogens is 561 g/mol. The van der Waals surface area contributed by atoms with Gasteiger partial charge in [-0.2, -0.15) is 0 Å². The zero-order valence-corrected chi connectivity index (χ0v) is 27.5. The van der Waals surface area contributed by atoms with E-state index in [0.29, 0.717) is 13.2 Å². The molecule has 1 heterocycles. The van der Waals surface area contributed by atoms with Crippen molar-refractivity contribution < 1.29 is 23.7 Å². The van der Waals surface area contributed by atoms with Crippen molar-refractivity contribution in [2.75, 3.05) is 47.3 Å². The van der Waals surface area contributed by atoms with Gasteiger partial charge in [0.25, 0.3) is 0 Å². The average molecular weight is 621 g/mol. The standard InChI is InChI=1S/C17H32NO5.3C4H9.Sn/c1-5-6-7-16(22-13-21-11-10-20-4)15-12-18(3)9-8-17(15)23-14(2)19;3*1-3-4-2;/h15-17H,1,5-13H2,2-4H3;3*1,3-4H2,2H3;. The van der Waals surface area contributed by atoms with Crippen LogP contribution in [0.1, 0.15) is 91.9 Å². The molecule has 1 rings (SSSR count). The van der Waals surface area contributed by atoms with E-state index in [0.717, 1.165) is 25.9 Å². The molecule has 1 saturated heterocycles. The van der Waals surface area contributed by atoms with Gasteiger partial charge in [0.2, 0.25) is 0 Å².